The minimum atomic E-state index is -0.335. The Labute approximate surface area is 195 Å². The number of nitrogens with two attached hydrogens (primary N) is 1. The van der Waals surface area contributed by atoms with Crippen molar-refractivity contribution in [1.29, 1.82) is 0 Å². The first-order valence-electron chi connectivity index (χ1n) is 10.8. The van der Waals surface area contributed by atoms with Gasteiger partial charge in [-0.1, -0.05) is 19.2 Å². The first-order valence-corrected chi connectivity index (χ1v) is 10.8. The highest BCUT2D eigenvalue weighted by Crippen LogP contribution is 2.40. The van der Waals surface area contributed by atoms with Crippen molar-refractivity contribution in [3.8, 4) is 11.4 Å². The quantitative estimate of drug-likeness (QED) is 0.428. The smallest absolute Gasteiger partial charge is 0.263 e. The molecule has 3 aromatic heterocycles. The minimum Gasteiger partial charge on any atom is -0.495 e. The molecule has 1 saturated carbocycles. The summed E-state index contributed by atoms with van der Waals surface area (Å²) in [5, 5.41) is 15.7. The molecule has 0 bridgehead atoms. The number of nitrogens with zero attached hydrogens (tertiary/aromatic N) is 5. The fourth-order valence-corrected chi connectivity index (χ4v) is 4.42. The molecule has 3 N–H and O–H groups in total. The zero-order chi connectivity index (χ0) is 24.0. The van der Waals surface area contributed by atoms with Gasteiger partial charge in [0.25, 0.3) is 5.56 Å². The van der Waals surface area contributed by atoms with Crippen LogP contribution < -0.4 is 16.0 Å². The van der Waals surface area contributed by atoms with Gasteiger partial charge in [-0.2, -0.15) is 5.10 Å². The highest BCUT2D eigenvalue weighted by Gasteiger charge is 2.33. The van der Waals surface area contributed by atoms with E-state index in [4.69, 9.17) is 15.6 Å². The largest absolute Gasteiger partial charge is 0.495 e. The van der Waals surface area contributed by atoms with Crippen LogP contribution in [0.15, 0.2) is 66.9 Å². The molecule has 1 aliphatic rings. The molecule has 4 aromatic rings. The fourth-order valence-electron chi connectivity index (χ4n) is 4.42. The maximum absolute atomic E-state index is 13.5. The molecule has 0 saturated heterocycles. The SMILES string of the molecule is C=C/C=C(\C=C)n1cc(OC)c2ccc(-n3nc(C4CC(O)C4)c4ncnc(N)c43)cc2c1=O. The van der Waals surface area contributed by atoms with Crippen LogP contribution in [-0.2, 0) is 0 Å². The van der Waals surface area contributed by atoms with Gasteiger partial charge in [0.2, 0.25) is 0 Å². The van der Waals surface area contributed by atoms with E-state index in [2.05, 4.69) is 23.1 Å². The van der Waals surface area contributed by atoms with Gasteiger partial charge < -0.3 is 15.6 Å². The number of aliphatic hydroxyl groups is 1. The molecule has 0 aliphatic heterocycles. The monoisotopic (exact) mass is 456 g/mol. The molecule has 0 spiro atoms. The number of pyridine rings is 1. The van der Waals surface area contributed by atoms with E-state index in [1.165, 1.54) is 10.9 Å². The predicted octanol–water partition coefficient (Wildman–Crippen LogP) is 3.17. The Hall–Kier alpha value is -4.24. The summed E-state index contributed by atoms with van der Waals surface area (Å²) >= 11 is 0. The van der Waals surface area contributed by atoms with Crippen molar-refractivity contribution >= 4 is 33.3 Å². The van der Waals surface area contributed by atoms with E-state index in [-0.39, 0.29) is 23.4 Å². The van der Waals surface area contributed by atoms with Crippen LogP contribution in [0.2, 0.25) is 0 Å². The van der Waals surface area contributed by atoms with Crippen LogP contribution >= 0.6 is 0 Å². The molecular formula is C25H24N6O3. The van der Waals surface area contributed by atoms with Crippen molar-refractivity contribution in [2.24, 2.45) is 0 Å². The number of nitrogen functional groups attached to an aromatic ring is 1. The van der Waals surface area contributed by atoms with Crippen molar-refractivity contribution in [3.63, 3.8) is 0 Å². The number of hydrogen-bond acceptors (Lipinski definition) is 7. The highest BCUT2D eigenvalue weighted by atomic mass is 16.5. The van der Waals surface area contributed by atoms with E-state index in [9.17, 15) is 9.90 Å². The molecule has 9 heteroatoms. The van der Waals surface area contributed by atoms with Crippen LogP contribution in [0.25, 0.3) is 33.2 Å². The number of fused-ring (bicyclic) bond motifs is 2. The van der Waals surface area contributed by atoms with E-state index in [0.29, 0.717) is 51.8 Å². The number of methoxy groups -OCH3 is 1. The number of aliphatic hydroxyl groups excluding tert-OH is 1. The lowest BCUT2D eigenvalue weighted by Gasteiger charge is -2.29. The molecule has 34 heavy (non-hydrogen) atoms. The number of aromatic nitrogens is 5. The van der Waals surface area contributed by atoms with Crippen LogP contribution in [-0.4, -0.2) is 42.6 Å². The molecule has 0 atom stereocenters. The third-order valence-corrected chi connectivity index (χ3v) is 6.22. The summed E-state index contributed by atoms with van der Waals surface area (Å²) in [6.45, 7) is 7.51. The summed E-state index contributed by atoms with van der Waals surface area (Å²) in [7, 11) is 1.56. The first kappa shape index (κ1) is 21.6. The Morgan fingerprint density at radius 2 is 2.06 bits per heavy atom. The molecule has 5 rings (SSSR count). The highest BCUT2D eigenvalue weighted by molar-refractivity contribution is 5.92. The normalized spacial score (nSPS) is 18.1. The van der Waals surface area contributed by atoms with Gasteiger partial charge in [-0.3, -0.25) is 9.36 Å². The van der Waals surface area contributed by atoms with E-state index in [1.807, 2.05) is 12.1 Å². The lowest BCUT2D eigenvalue weighted by Crippen LogP contribution is -2.27. The van der Waals surface area contributed by atoms with Gasteiger partial charge in [0.15, 0.2) is 5.82 Å². The van der Waals surface area contributed by atoms with Gasteiger partial charge >= 0.3 is 0 Å². The van der Waals surface area contributed by atoms with E-state index < -0.39 is 0 Å². The second kappa shape index (κ2) is 8.27. The Morgan fingerprint density at radius 3 is 2.74 bits per heavy atom. The molecule has 9 nitrogen and oxygen atoms in total. The number of rotatable bonds is 6. The number of benzene rings is 1. The molecule has 0 radical (unpaired) electrons. The Bertz CT molecular complexity index is 1540. The Kier molecular flexibility index (Phi) is 5.25. The zero-order valence-corrected chi connectivity index (χ0v) is 18.7. The van der Waals surface area contributed by atoms with E-state index >= 15 is 0 Å². The molecule has 0 unspecified atom stereocenters. The molecule has 1 aliphatic carbocycles. The third kappa shape index (κ3) is 3.29. The lowest BCUT2D eigenvalue weighted by atomic mass is 9.80. The number of hydrogen-bond donors (Lipinski definition) is 2. The Balaban J connectivity index is 1.77. The van der Waals surface area contributed by atoms with Gasteiger partial charge in [0, 0.05) is 17.0 Å². The van der Waals surface area contributed by atoms with Crippen molar-refractivity contribution in [1.82, 2.24) is 24.3 Å². The summed E-state index contributed by atoms with van der Waals surface area (Å²) in [6.07, 6.45) is 8.82. The van der Waals surface area contributed by atoms with E-state index in [0.717, 1.165) is 5.69 Å². The summed E-state index contributed by atoms with van der Waals surface area (Å²) in [5.74, 6) is 0.912. The maximum Gasteiger partial charge on any atom is 0.263 e. The Morgan fingerprint density at radius 1 is 1.26 bits per heavy atom. The lowest BCUT2D eigenvalue weighted by molar-refractivity contribution is 0.0735. The zero-order valence-electron chi connectivity index (χ0n) is 18.7. The van der Waals surface area contributed by atoms with Crippen molar-refractivity contribution < 1.29 is 9.84 Å². The summed E-state index contributed by atoms with van der Waals surface area (Å²) in [5.41, 5.74) is 9.17. The second-order valence-corrected chi connectivity index (χ2v) is 8.21. The van der Waals surface area contributed by atoms with Crippen LogP contribution in [0.4, 0.5) is 5.82 Å². The van der Waals surface area contributed by atoms with Gasteiger partial charge in [-0.15, -0.1) is 0 Å². The van der Waals surface area contributed by atoms with Crippen LogP contribution in [0, 0.1) is 0 Å². The second-order valence-electron chi connectivity index (χ2n) is 8.21. The summed E-state index contributed by atoms with van der Waals surface area (Å²) < 4.78 is 8.71. The first-order chi connectivity index (χ1) is 16.5. The van der Waals surface area contributed by atoms with Gasteiger partial charge in [-0.05, 0) is 43.2 Å². The number of anilines is 1. The molecule has 3 heterocycles. The van der Waals surface area contributed by atoms with Gasteiger partial charge in [0.1, 0.15) is 23.1 Å². The molecule has 0 amide bonds. The third-order valence-electron chi connectivity index (χ3n) is 6.22. The van der Waals surface area contributed by atoms with Crippen LogP contribution in [0.3, 0.4) is 0 Å². The van der Waals surface area contributed by atoms with Crippen LogP contribution in [0.1, 0.15) is 24.5 Å². The maximum atomic E-state index is 13.5. The number of ether oxygens (including phenoxy) is 1. The van der Waals surface area contributed by atoms with Crippen molar-refractivity contribution in [2.75, 3.05) is 12.8 Å². The summed E-state index contributed by atoms with van der Waals surface area (Å²) in [4.78, 5) is 22.0. The standard InChI is InChI=1S/C25H24N6O3/c1-4-6-15(5-2)30-12-20(34-3)18-8-7-16(11-19(18)25(30)33)31-23-22(27-13-28-24(23)26)21(29-31)14-9-17(32)10-14/h4-8,11-14,17,32H,1-2,9-10H2,3H3,(H2,26,27,28)/b15-6+. The van der Waals surface area contributed by atoms with Crippen molar-refractivity contribution in [2.45, 2.75) is 24.9 Å². The molecule has 1 fully saturated rings. The molecule has 1 aromatic carbocycles. The van der Waals surface area contributed by atoms with E-state index in [1.54, 1.807) is 42.3 Å². The minimum absolute atomic E-state index is 0.0880. The summed E-state index contributed by atoms with van der Waals surface area (Å²) in [6, 6.07) is 5.42. The fraction of sp³-hybridized carbons (Fsp3) is 0.200. The topological polar surface area (TPSA) is 121 Å². The number of allylic oxidation sites excluding steroid dienone is 4. The molecular weight excluding hydrogens is 432 g/mol. The predicted molar refractivity (Wildman–Crippen MR) is 132 cm³/mol. The van der Waals surface area contributed by atoms with Gasteiger partial charge in [0.05, 0.1) is 36.2 Å². The average Bonchev–Trinajstić information content (AvgIpc) is 3.21. The average molecular weight is 457 g/mol. The van der Waals surface area contributed by atoms with Crippen LogP contribution in [0.5, 0.6) is 5.75 Å². The van der Waals surface area contributed by atoms with Crippen molar-refractivity contribution in [3.05, 3.63) is 78.2 Å². The van der Waals surface area contributed by atoms with Gasteiger partial charge in [-0.25, -0.2) is 14.6 Å². The molecule has 172 valence electrons.